The van der Waals surface area contributed by atoms with Crippen LogP contribution in [0.3, 0.4) is 0 Å². The van der Waals surface area contributed by atoms with Gasteiger partial charge in [-0.05, 0) is 68.4 Å². The maximum absolute atomic E-state index is 13.4. The van der Waals surface area contributed by atoms with E-state index >= 15 is 0 Å². The van der Waals surface area contributed by atoms with Gasteiger partial charge >= 0.3 is 0 Å². The smallest absolute Gasteiger partial charge is 0.246 e. The van der Waals surface area contributed by atoms with Gasteiger partial charge in [-0.1, -0.05) is 37.6 Å². The zero-order valence-electron chi connectivity index (χ0n) is 19.9. The molecule has 32 heavy (non-hydrogen) atoms. The zero-order chi connectivity index (χ0) is 23.6. The maximum Gasteiger partial charge on any atom is 0.246 e. The Morgan fingerprint density at radius 1 is 1.06 bits per heavy atom. The number of hydrogen-bond donors (Lipinski definition) is 1. The highest BCUT2D eigenvalue weighted by Gasteiger charge is 2.34. The lowest BCUT2D eigenvalue weighted by Crippen LogP contribution is -2.41. The second kappa shape index (κ2) is 9.63. The van der Waals surface area contributed by atoms with Crippen molar-refractivity contribution in [3.63, 3.8) is 0 Å². The second-order valence-corrected chi connectivity index (χ2v) is 10.9. The van der Waals surface area contributed by atoms with Crippen molar-refractivity contribution < 1.29 is 17.9 Å². The van der Waals surface area contributed by atoms with Gasteiger partial charge < -0.3 is 10.1 Å². The highest BCUT2D eigenvalue weighted by Crippen LogP contribution is 2.33. The summed E-state index contributed by atoms with van der Waals surface area (Å²) in [7, 11) is -2.23. The molecule has 174 valence electrons. The number of nitrogens with one attached hydrogen (secondary N) is 1. The largest absolute Gasteiger partial charge is 0.495 e. The van der Waals surface area contributed by atoms with E-state index in [4.69, 9.17) is 4.74 Å². The summed E-state index contributed by atoms with van der Waals surface area (Å²) < 4.78 is 33.6. The Morgan fingerprint density at radius 2 is 1.66 bits per heavy atom. The van der Waals surface area contributed by atoms with Gasteiger partial charge in [0.15, 0.2) is 0 Å². The molecule has 1 fully saturated rings. The van der Waals surface area contributed by atoms with E-state index < -0.39 is 10.0 Å². The first-order chi connectivity index (χ1) is 15.0. The number of ether oxygens (including phenoxy) is 1. The molecule has 2 aromatic carbocycles. The molecule has 1 amide bonds. The number of sulfonamides is 1. The van der Waals surface area contributed by atoms with Gasteiger partial charge in [0.05, 0.1) is 7.11 Å². The molecular formula is C25H34N2O4S. The van der Waals surface area contributed by atoms with Gasteiger partial charge in [-0.3, -0.25) is 4.79 Å². The summed E-state index contributed by atoms with van der Waals surface area (Å²) in [6.07, 6.45) is 0.975. The topological polar surface area (TPSA) is 75.7 Å². The van der Waals surface area contributed by atoms with Gasteiger partial charge in [-0.25, -0.2) is 8.42 Å². The fraction of sp³-hybridized carbons (Fsp3) is 0.480. The van der Waals surface area contributed by atoms with Crippen LogP contribution in [-0.2, 0) is 14.8 Å². The van der Waals surface area contributed by atoms with Gasteiger partial charge in [0.25, 0.3) is 0 Å². The Balaban J connectivity index is 1.73. The van der Waals surface area contributed by atoms with Crippen LogP contribution in [0.1, 0.15) is 54.9 Å². The highest BCUT2D eigenvalue weighted by molar-refractivity contribution is 7.89. The molecule has 0 atom stereocenters. The average molecular weight is 459 g/mol. The lowest BCUT2D eigenvalue weighted by molar-refractivity contribution is -0.120. The van der Waals surface area contributed by atoms with E-state index in [1.807, 2.05) is 40.7 Å². The summed E-state index contributed by atoms with van der Waals surface area (Å²) >= 11 is 0. The molecule has 7 heteroatoms. The molecule has 2 aromatic rings. The van der Waals surface area contributed by atoms with Crippen molar-refractivity contribution in [3.8, 4) is 5.75 Å². The van der Waals surface area contributed by atoms with Crippen LogP contribution in [-0.4, -0.2) is 38.8 Å². The van der Waals surface area contributed by atoms with E-state index in [2.05, 4.69) is 17.4 Å². The number of carbonyl (C=O) groups excluding carboxylic acids is 1. The van der Waals surface area contributed by atoms with E-state index in [0.717, 1.165) is 27.9 Å². The number of methoxy groups -OCH3 is 1. The number of anilines is 1. The normalized spacial score (nSPS) is 15.7. The van der Waals surface area contributed by atoms with Crippen molar-refractivity contribution in [1.82, 2.24) is 4.31 Å². The SMILES string of the molecule is COc1ccc(C(C)C)cc1S(=O)(=O)N1CCC(C(=O)Nc2c(C)cc(C)cc2C)CC1. The molecule has 0 radical (unpaired) electrons. The van der Waals surface area contributed by atoms with E-state index in [9.17, 15) is 13.2 Å². The predicted molar refractivity (Wildman–Crippen MR) is 128 cm³/mol. The Morgan fingerprint density at radius 3 is 2.19 bits per heavy atom. The molecule has 1 saturated heterocycles. The summed E-state index contributed by atoms with van der Waals surface area (Å²) in [6.45, 7) is 10.7. The van der Waals surface area contributed by atoms with E-state index in [0.29, 0.717) is 31.7 Å². The van der Waals surface area contributed by atoms with Crippen LogP contribution >= 0.6 is 0 Å². The molecule has 6 nitrogen and oxygen atoms in total. The van der Waals surface area contributed by atoms with Crippen LogP contribution in [0.4, 0.5) is 5.69 Å². The van der Waals surface area contributed by atoms with Gasteiger partial charge in [-0.15, -0.1) is 0 Å². The molecule has 0 aliphatic carbocycles. The number of nitrogens with zero attached hydrogens (tertiary/aromatic N) is 1. The lowest BCUT2D eigenvalue weighted by atomic mass is 9.96. The lowest BCUT2D eigenvalue weighted by Gasteiger charge is -2.31. The Hall–Kier alpha value is -2.38. The zero-order valence-corrected chi connectivity index (χ0v) is 20.7. The van der Waals surface area contributed by atoms with Crippen molar-refractivity contribution in [2.24, 2.45) is 5.92 Å². The van der Waals surface area contributed by atoms with Crippen LogP contribution in [0.15, 0.2) is 35.2 Å². The minimum Gasteiger partial charge on any atom is -0.495 e. The van der Waals surface area contributed by atoms with Crippen LogP contribution in [0.2, 0.25) is 0 Å². The summed E-state index contributed by atoms with van der Waals surface area (Å²) in [4.78, 5) is 13.1. The minimum absolute atomic E-state index is 0.0449. The summed E-state index contributed by atoms with van der Waals surface area (Å²) in [5, 5.41) is 3.07. The van der Waals surface area contributed by atoms with Gasteiger partial charge in [0.1, 0.15) is 10.6 Å². The number of carbonyl (C=O) groups is 1. The van der Waals surface area contributed by atoms with E-state index in [1.165, 1.54) is 11.4 Å². The molecular weight excluding hydrogens is 424 g/mol. The van der Waals surface area contributed by atoms with Crippen LogP contribution in [0, 0.1) is 26.7 Å². The Kier molecular flexibility index (Phi) is 7.30. The highest BCUT2D eigenvalue weighted by atomic mass is 32.2. The maximum atomic E-state index is 13.4. The predicted octanol–water partition coefficient (Wildman–Crippen LogP) is 4.78. The molecule has 1 N–H and O–H groups in total. The molecule has 1 aliphatic heterocycles. The Bertz CT molecular complexity index is 1080. The molecule has 0 bridgehead atoms. The van der Waals surface area contributed by atoms with Gasteiger partial charge in [0, 0.05) is 24.7 Å². The monoisotopic (exact) mass is 458 g/mol. The first-order valence-corrected chi connectivity index (χ1v) is 12.6. The molecule has 1 heterocycles. The number of piperidine rings is 1. The molecule has 0 spiro atoms. The number of benzene rings is 2. The number of rotatable bonds is 6. The molecule has 0 saturated carbocycles. The van der Waals surface area contributed by atoms with Crippen molar-refractivity contribution >= 4 is 21.6 Å². The third-order valence-corrected chi connectivity index (χ3v) is 8.14. The van der Waals surface area contributed by atoms with Gasteiger partial charge in [0.2, 0.25) is 15.9 Å². The quantitative estimate of drug-likeness (QED) is 0.676. The molecule has 0 aromatic heterocycles. The summed E-state index contributed by atoms with van der Waals surface area (Å²) in [5.74, 6) is 0.291. The fourth-order valence-electron chi connectivity index (χ4n) is 4.35. The Labute approximate surface area is 192 Å². The van der Waals surface area contributed by atoms with E-state index in [1.54, 1.807) is 12.1 Å². The van der Waals surface area contributed by atoms with E-state index in [-0.39, 0.29) is 22.6 Å². The van der Waals surface area contributed by atoms with Crippen molar-refractivity contribution in [2.75, 3.05) is 25.5 Å². The standard InChI is InChI=1S/C25H34N2O4S/c1-16(2)21-7-8-22(31-6)23(15-21)32(29,30)27-11-9-20(10-12-27)25(28)26-24-18(4)13-17(3)14-19(24)5/h7-8,13-16,20H,9-12H2,1-6H3,(H,26,28). The third kappa shape index (κ3) is 4.99. The minimum atomic E-state index is -3.71. The van der Waals surface area contributed by atoms with Crippen LogP contribution < -0.4 is 10.1 Å². The fourth-order valence-corrected chi connectivity index (χ4v) is 6.01. The van der Waals surface area contributed by atoms with Crippen molar-refractivity contribution in [2.45, 2.75) is 58.3 Å². The number of amides is 1. The first kappa shape index (κ1) is 24.3. The molecule has 3 rings (SSSR count). The van der Waals surface area contributed by atoms with Gasteiger partial charge in [-0.2, -0.15) is 4.31 Å². The van der Waals surface area contributed by atoms with Crippen molar-refractivity contribution in [3.05, 3.63) is 52.6 Å². The second-order valence-electron chi connectivity index (χ2n) is 9.01. The third-order valence-electron chi connectivity index (χ3n) is 6.22. The first-order valence-electron chi connectivity index (χ1n) is 11.1. The van der Waals surface area contributed by atoms with Crippen molar-refractivity contribution in [1.29, 1.82) is 0 Å². The van der Waals surface area contributed by atoms with Crippen LogP contribution in [0.5, 0.6) is 5.75 Å². The number of hydrogen-bond acceptors (Lipinski definition) is 4. The average Bonchev–Trinajstić information content (AvgIpc) is 2.75. The molecule has 0 unspecified atom stereocenters. The summed E-state index contributed by atoms with van der Waals surface area (Å²) in [5.41, 5.74) is 5.03. The summed E-state index contributed by atoms with van der Waals surface area (Å²) in [6, 6.07) is 9.43. The van der Waals surface area contributed by atoms with Crippen LogP contribution in [0.25, 0.3) is 0 Å². The number of aryl methyl sites for hydroxylation is 3. The molecule has 1 aliphatic rings.